The van der Waals surface area contributed by atoms with E-state index in [2.05, 4.69) is 9.88 Å². The van der Waals surface area contributed by atoms with Crippen molar-refractivity contribution in [3.63, 3.8) is 0 Å². The highest BCUT2D eigenvalue weighted by Crippen LogP contribution is 2.30. The molecule has 4 N–H and O–H groups in total. The van der Waals surface area contributed by atoms with E-state index < -0.39 is 12.2 Å². The Morgan fingerprint density at radius 3 is 2.62 bits per heavy atom. The Morgan fingerprint density at radius 1 is 1.25 bits per heavy atom. The summed E-state index contributed by atoms with van der Waals surface area (Å²) in [5.74, 6) is 0.522. The first-order valence-electron chi connectivity index (χ1n) is 7.95. The van der Waals surface area contributed by atoms with Crippen LogP contribution >= 0.6 is 12.4 Å². The van der Waals surface area contributed by atoms with Crippen molar-refractivity contribution in [3.8, 4) is 0 Å². The van der Waals surface area contributed by atoms with E-state index in [4.69, 9.17) is 5.73 Å². The summed E-state index contributed by atoms with van der Waals surface area (Å²) in [5, 5.41) is 21.5. The van der Waals surface area contributed by atoms with Gasteiger partial charge < -0.3 is 20.8 Å². The van der Waals surface area contributed by atoms with Crippen LogP contribution in [0.1, 0.15) is 12.8 Å². The highest BCUT2D eigenvalue weighted by atomic mass is 35.5. The molecule has 7 heteroatoms. The molecule has 0 radical (unpaired) electrons. The second kappa shape index (κ2) is 8.07. The molecule has 2 aromatic rings. The van der Waals surface area contributed by atoms with E-state index in [-0.39, 0.29) is 30.7 Å². The number of fused-ring (bicyclic) bond motifs is 1. The summed E-state index contributed by atoms with van der Waals surface area (Å²) in [4.78, 5) is 6.53. The first-order chi connectivity index (χ1) is 11.1. The largest absolute Gasteiger partial charge is 0.390 e. The van der Waals surface area contributed by atoms with Crippen molar-refractivity contribution < 1.29 is 14.6 Å². The lowest BCUT2D eigenvalue weighted by Crippen LogP contribution is -2.44. The molecule has 0 spiro atoms. The third-order valence-corrected chi connectivity index (χ3v) is 4.67. The third kappa shape index (κ3) is 3.78. The predicted octanol–water partition coefficient (Wildman–Crippen LogP) is 1.69. The number of hydrogen-bond acceptors (Lipinski definition) is 5. The van der Waals surface area contributed by atoms with E-state index in [0.29, 0.717) is 13.1 Å². The Kier molecular flexibility index (Phi) is 6.34. The number of piperidine rings is 1. The maximum Gasteiger partial charge on any atom is 0.136 e. The average Bonchev–Trinajstić information content (AvgIpc) is 2.60. The molecule has 1 saturated heterocycles. The molecule has 0 saturated carbocycles. The quantitative estimate of drug-likeness (QED) is 0.777. The van der Waals surface area contributed by atoms with Gasteiger partial charge in [0, 0.05) is 31.2 Å². The van der Waals surface area contributed by atoms with Crippen molar-refractivity contribution in [1.29, 1.82) is 0 Å². The summed E-state index contributed by atoms with van der Waals surface area (Å²) in [7, 11) is 0. The van der Waals surface area contributed by atoms with E-state index in [1.165, 1.54) is 12.1 Å². The van der Waals surface area contributed by atoms with Crippen LogP contribution in [0.2, 0.25) is 0 Å². The fourth-order valence-electron chi connectivity index (χ4n) is 3.28. The van der Waals surface area contributed by atoms with Crippen LogP contribution in [0.5, 0.6) is 0 Å². The van der Waals surface area contributed by atoms with Gasteiger partial charge in [-0.2, -0.15) is 0 Å². The van der Waals surface area contributed by atoms with Crippen molar-refractivity contribution in [2.24, 2.45) is 11.7 Å². The number of aliphatic hydroxyl groups is 2. The van der Waals surface area contributed by atoms with Gasteiger partial charge in [0.05, 0.1) is 12.2 Å². The van der Waals surface area contributed by atoms with Crippen LogP contribution in [0.3, 0.4) is 0 Å². The van der Waals surface area contributed by atoms with Crippen molar-refractivity contribution in [1.82, 2.24) is 4.98 Å². The van der Waals surface area contributed by atoms with E-state index in [1.54, 1.807) is 12.3 Å². The van der Waals surface area contributed by atoms with Gasteiger partial charge in [-0.05, 0) is 42.3 Å². The standard InChI is InChI=1S/C17H22FN3O2.ClH/c18-13-2-1-11-3-6-20-17(14(11)9-13)21-7-4-12(5-8-21)16(23)15(22)10-19;/h1-3,6,9,12,15-16,22-23H,4-5,7-8,10,19H2;1H/t15-,16?;/m1./s1. The second-order valence-corrected chi connectivity index (χ2v) is 6.12. The molecule has 2 atom stereocenters. The lowest BCUT2D eigenvalue weighted by Gasteiger charge is -2.36. The molecule has 1 aromatic carbocycles. The normalized spacial score (nSPS) is 18.2. The summed E-state index contributed by atoms with van der Waals surface area (Å²) in [6.45, 7) is 1.48. The zero-order valence-electron chi connectivity index (χ0n) is 13.3. The molecule has 24 heavy (non-hydrogen) atoms. The number of anilines is 1. The van der Waals surface area contributed by atoms with Crippen LogP contribution in [0, 0.1) is 11.7 Å². The minimum absolute atomic E-state index is 0. The first-order valence-corrected chi connectivity index (χ1v) is 7.95. The van der Waals surface area contributed by atoms with Gasteiger partial charge in [0.25, 0.3) is 0 Å². The van der Waals surface area contributed by atoms with Gasteiger partial charge in [-0.15, -0.1) is 12.4 Å². The number of pyridine rings is 1. The number of benzene rings is 1. The van der Waals surface area contributed by atoms with Crippen LogP contribution in [-0.2, 0) is 0 Å². The van der Waals surface area contributed by atoms with Crippen molar-refractivity contribution >= 4 is 29.0 Å². The zero-order valence-corrected chi connectivity index (χ0v) is 14.1. The predicted molar refractivity (Wildman–Crippen MR) is 95.0 cm³/mol. The lowest BCUT2D eigenvalue weighted by molar-refractivity contribution is -0.0185. The zero-order chi connectivity index (χ0) is 16.4. The smallest absolute Gasteiger partial charge is 0.136 e. The summed E-state index contributed by atoms with van der Waals surface area (Å²) >= 11 is 0. The minimum Gasteiger partial charge on any atom is -0.390 e. The summed E-state index contributed by atoms with van der Waals surface area (Å²) in [6.07, 6.45) is 1.54. The van der Waals surface area contributed by atoms with E-state index in [0.717, 1.165) is 29.4 Å². The molecule has 0 bridgehead atoms. The SMILES string of the molecule is Cl.NC[C@@H](O)C(O)C1CCN(c2nccc3ccc(F)cc23)CC1. The molecule has 5 nitrogen and oxygen atoms in total. The maximum atomic E-state index is 13.6. The van der Waals surface area contributed by atoms with Crippen molar-refractivity contribution in [2.75, 3.05) is 24.5 Å². The fraction of sp³-hybridized carbons (Fsp3) is 0.471. The van der Waals surface area contributed by atoms with Gasteiger partial charge in [-0.25, -0.2) is 9.37 Å². The average molecular weight is 356 g/mol. The Hall–Kier alpha value is -1.47. The van der Waals surface area contributed by atoms with E-state index in [9.17, 15) is 14.6 Å². The molecule has 132 valence electrons. The van der Waals surface area contributed by atoms with Gasteiger partial charge >= 0.3 is 0 Å². The first kappa shape index (κ1) is 18.9. The molecule has 3 rings (SSSR count). The van der Waals surface area contributed by atoms with E-state index >= 15 is 0 Å². The molecule has 0 amide bonds. The number of halogens is 2. The molecular weight excluding hydrogens is 333 g/mol. The Morgan fingerprint density at radius 2 is 1.96 bits per heavy atom. The molecule has 1 unspecified atom stereocenters. The highest BCUT2D eigenvalue weighted by molar-refractivity contribution is 5.92. The second-order valence-electron chi connectivity index (χ2n) is 6.12. The van der Waals surface area contributed by atoms with Crippen LogP contribution in [0.15, 0.2) is 30.5 Å². The summed E-state index contributed by atoms with van der Waals surface area (Å²) < 4.78 is 13.6. The molecule has 0 aliphatic carbocycles. The van der Waals surface area contributed by atoms with Crippen LogP contribution in [-0.4, -0.2) is 47.0 Å². The van der Waals surface area contributed by atoms with Crippen LogP contribution < -0.4 is 10.6 Å². The molecular formula is C17H23ClFN3O2. The number of nitrogens with zero attached hydrogens (tertiary/aromatic N) is 2. The minimum atomic E-state index is -0.878. The summed E-state index contributed by atoms with van der Waals surface area (Å²) in [6, 6.07) is 6.58. The van der Waals surface area contributed by atoms with Crippen LogP contribution in [0.4, 0.5) is 10.2 Å². The lowest BCUT2D eigenvalue weighted by atomic mass is 9.88. The highest BCUT2D eigenvalue weighted by Gasteiger charge is 2.30. The number of rotatable bonds is 4. The van der Waals surface area contributed by atoms with Gasteiger partial charge in [0.15, 0.2) is 0 Å². The van der Waals surface area contributed by atoms with Gasteiger partial charge in [0.2, 0.25) is 0 Å². The third-order valence-electron chi connectivity index (χ3n) is 4.67. The summed E-state index contributed by atoms with van der Waals surface area (Å²) in [5.41, 5.74) is 5.41. The maximum absolute atomic E-state index is 13.6. The molecule has 1 fully saturated rings. The molecule has 1 aliphatic rings. The Balaban J connectivity index is 0.00000208. The number of hydrogen-bond donors (Lipinski definition) is 3. The molecule has 1 aliphatic heterocycles. The topological polar surface area (TPSA) is 82.6 Å². The van der Waals surface area contributed by atoms with Gasteiger partial charge in [-0.3, -0.25) is 0 Å². The number of aliphatic hydroxyl groups excluding tert-OH is 2. The Labute approximate surface area is 146 Å². The van der Waals surface area contributed by atoms with Crippen molar-refractivity contribution in [2.45, 2.75) is 25.0 Å². The van der Waals surface area contributed by atoms with Crippen molar-refractivity contribution in [3.05, 3.63) is 36.3 Å². The monoisotopic (exact) mass is 355 g/mol. The fourth-order valence-corrected chi connectivity index (χ4v) is 3.28. The van der Waals surface area contributed by atoms with Gasteiger partial charge in [-0.1, -0.05) is 6.07 Å². The van der Waals surface area contributed by atoms with Crippen LogP contribution in [0.25, 0.3) is 10.8 Å². The van der Waals surface area contributed by atoms with E-state index in [1.807, 2.05) is 6.07 Å². The molecule has 2 heterocycles. The molecule has 1 aromatic heterocycles. The number of nitrogens with two attached hydrogens (primary N) is 1. The number of aromatic nitrogens is 1. The van der Waals surface area contributed by atoms with Gasteiger partial charge in [0.1, 0.15) is 11.6 Å². The Bertz CT molecular complexity index is 680.